The molecule has 0 saturated heterocycles. The first-order valence-corrected chi connectivity index (χ1v) is 6.88. The maximum Gasteiger partial charge on any atom is 0.371 e. The molecule has 1 aliphatic rings. The van der Waals surface area contributed by atoms with E-state index in [0.29, 0.717) is 17.7 Å². The minimum absolute atomic E-state index is 0.123. The Morgan fingerprint density at radius 3 is 2.65 bits per heavy atom. The first-order valence-electron chi connectivity index (χ1n) is 6.88. The maximum absolute atomic E-state index is 11.7. The maximum atomic E-state index is 11.7. The molecule has 0 aromatic carbocycles. The van der Waals surface area contributed by atoms with Gasteiger partial charge in [0, 0.05) is 6.54 Å². The molecule has 1 heterocycles. The second-order valence-corrected chi connectivity index (χ2v) is 5.36. The predicted molar refractivity (Wildman–Crippen MR) is 72.5 cm³/mol. The van der Waals surface area contributed by atoms with Crippen LogP contribution in [-0.2, 0) is 6.54 Å². The van der Waals surface area contributed by atoms with E-state index in [4.69, 9.17) is 9.52 Å². The minimum Gasteiger partial charge on any atom is -0.475 e. The van der Waals surface area contributed by atoms with Crippen LogP contribution in [0.1, 0.15) is 48.9 Å². The fourth-order valence-electron chi connectivity index (χ4n) is 2.31. The SMILES string of the molecule is CCCC1(CNC(=O)NCc2ccc(C(=O)O)o2)CC1. The molecule has 2 amide bonds. The first kappa shape index (κ1) is 14.4. The Kier molecular flexibility index (Phi) is 4.32. The van der Waals surface area contributed by atoms with Crippen molar-refractivity contribution in [3.8, 4) is 0 Å². The largest absolute Gasteiger partial charge is 0.475 e. The van der Waals surface area contributed by atoms with E-state index in [-0.39, 0.29) is 18.3 Å². The van der Waals surface area contributed by atoms with Crippen molar-refractivity contribution < 1.29 is 19.1 Å². The van der Waals surface area contributed by atoms with Crippen LogP contribution in [0.3, 0.4) is 0 Å². The van der Waals surface area contributed by atoms with E-state index < -0.39 is 5.97 Å². The number of aromatic carboxylic acids is 1. The summed E-state index contributed by atoms with van der Waals surface area (Å²) in [7, 11) is 0. The van der Waals surface area contributed by atoms with E-state index in [1.54, 1.807) is 6.07 Å². The summed E-state index contributed by atoms with van der Waals surface area (Å²) in [5.41, 5.74) is 0.313. The molecule has 0 atom stereocenters. The lowest BCUT2D eigenvalue weighted by atomic mass is 10.0. The zero-order chi connectivity index (χ0) is 14.6. The fourth-order valence-corrected chi connectivity index (χ4v) is 2.31. The monoisotopic (exact) mass is 280 g/mol. The van der Waals surface area contributed by atoms with Gasteiger partial charge in [-0.15, -0.1) is 0 Å². The lowest BCUT2D eigenvalue weighted by Crippen LogP contribution is -2.38. The smallest absolute Gasteiger partial charge is 0.371 e. The van der Waals surface area contributed by atoms with Crippen LogP contribution in [0, 0.1) is 5.41 Å². The van der Waals surface area contributed by atoms with Gasteiger partial charge in [0.15, 0.2) is 0 Å². The van der Waals surface area contributed by atoms with Crippen LogP contribution in [0.15, 0.2) is 16.5 Å². The Morgan fingerprint density at radius 1 is 1.35 bits per heavy atom. The average molecular weight is 280 g/mol. The Labute approximate surface area is 117 Å². The van der Waals surface area contributed by atoms with E-state index in [9.17, 15) is 9.59 Å². The topological polar surface area (TPSA) is 91.6 Å². The van der Waals surface area contributed by atoms with Crippen molar-refractivity contribution in [1.82, 2.24) is 10.6 Å². The molecule has 0 radical (unpaired) electrons. The summed E-state index contributed by atoms with van der Waals surface area (Å²) >= 11 is 0. The van der Waals surface area contributed by atoms with E-state index >= 15 is 0 Å². The van der Waals surface area contributed by atoms with Gasteiger partial charge < -0.3 is 20.2 Å². The van der Waals surface area contributed by atoms with Gasteiger partial charge in [-0.3, -0.25) is 0 Å². The van der Waals surface area contributed by atoms with Gasteiger partial charge in [-0.05, 0) is 36.8 Å². The molecule has 1 aliphatic carbocycles. The molecule has 0 aliphatic heterocycles. The van der Waals surface area contributed by atoms with E-state index in [0.717, 1.165) is 12.8 Å². The van der Waals surface area contributed by atoms with Crippen molar-refractivity contribution in [2.75, 3.05) is 6.54 Å². The lowest BCUT2D eigenvalue weighted by Gasteiger charge is -2.15. The van der Waals surface area contributed by atoms with E-state index in [1.807, 2.05) is 0 Å². The number of rotatable bonds is 7. The second kappa shape index (κ2) is 5.98. The highest BCUT2D eigenvalue weighted by Gasteiger charge is 2.41. The van der Waals surface area contributed by atoms with Gasteiger partial charge in [-0.25, -0.2) is 9.59 Å². The number of nitrogens with one attached hydrogen (secondary N) is 2. The number of carboxylic acids is 1. The van der Waals surface area contributed by atoms with Gasteiger partial charge in [-0.1, -0.05) is 13.3 Å². The van der Waals surface area contributed by atoms with Gasteiger partial charge >= 0.3 is 12.0 Å². The number of carboxylic acid groups (broad SMARTS) is 1. The standard InChI is InChI=1S/C14H20N2O4/c1-2-5-14(6-7-14)9-16-13(19)15-8-10-3-4-11(20-10)12(17)18/h3-4H,2,5-9H2,1H3,(H,17,18)(H2,15,16,19). The molecule has 0 bridgehead atoms. The normalized spacial score (nSPS) is 15.7. The van der Waals surface area contributed by atoms with Gasteiger partial charge in [0.05, 0.1) is 6.54 Å². The summed E-state index contributed by atoms with van der Waals surface area (Å²) in [5, 5.41) is 14.2. The first-order chi connectivity index (χ1) is 9.54. The number of furan rings is 1. The van der Waals surface area contributed by atoms with Gasteiger partial charge in [0.2, 0.25) is 5.76 Å². The number of carbonyl (C=O) groups is 2. The molecule has 110 valence electrons. The van der Waals surface area contributed by atoms with Gasteiger partial charge in [-0.2, -0.15) is 0 Å². The quantitative estimate of drug-likeness (QED) is 0.715. The third-order valence-electron chi connectivity index (χ3n) is 3.66. The molecule has 1 aromatic heterocycles. The van der Waals surface area contributed by atoms with Crippen LogP contribution in [0.2, 0.25) is 0 Å². The molecule has 2 rings (SSSR count). The Balaban J connectivity index is 1.71. The number of hydrogen-bond acceptors (Lipinski definition) is 3. The third-order valence-corrected chi connectivity index (χ3v) is 3.66. The molecule has 1 saturated carbocycles. The summed E-state index contributed by atoms with van der Waals surface area (Å²) in [4.78, 5) is 22.3. The van der Waals surface area contributed by atoms with Crippen LogP contribution >= 0.6 is 0 Å². The highest BCUT2D eigenvalue weighted by molar-refractivity contribution is 5.84. The second-order valence-electron chi connectivity index (χ2n) is 5.36. The summed E-state index contributed by atoms with van der Waals surface area (Å²) in [5.74, 6) is -0.815. The molecular weight excluding hydrogens is 260 g/mol. The predicted octanol–water partition coefficient (Wildman–Crippen LogP) is 2.36. The Hall–Kier alpha value is -1.98. The molecule has 6 heteroatoms. The molecule has 1 aromatic rings. The van der Waals surface area contributed by atoms with E-state index in [2.05, 4.69) is 17.6 Å². The van der Waals surface area contributed by atoms with Gasteiger partial charge in [0.1, 0.15) is 5.76 Å². The van der Waals surface area contributed by atoms with Crippen molar-refractivity contribution in [1.29, 1.82) is 0 Å². The minimum atomic E-state index is -1.11. The molecule has 3 N–H and O–H groups in total. The third kappa shape index (κ3) is 3.76. The van der Waals surface area contributed by atoms with Crippen LogP contribution in [0.5, 0.6) is 0 Å². The number of hydrogen-bond donors (Lipinski definition) is 3. The average Bonchev–Trinajstić information content (AvgIpc) is 3.01. The molecule has 1 fully saturated rings. The summed E-state index contributed by atoms with van der Waals surface area (Å²) in [6, 6.07) is 2.67. The van der Waals surface area contributed by atoms with Crippen molar-refractivity contribution in [2.45, 2.75) is 39.2 Å². The van der Waals surface area contributed by atoms with Crippen LogP contribution in [0.25, 0.3) is 0 Å². The van der Waals surface area contributed by atoms with Crippen molar-refractivity contribution >= 4 is 12.0 Å². The van der Waals surface area contributed by atoms with E-state index in [1.165, 1.54) is 18.9 Å². The zero-order valence-corrected chi connectivity index (χ0v) is 11.6. The molecule has 20 heavy (non-hydrogen) atoms. The zero-order valence-electron chi connectivity index (χ0n) is 11.6. The van der Waals surface area contributed by atoms with Crippen molar-refractivity contribution in [3.63, 3.8) is 0 Å². The summed E-state index contributed by atoms with van der Waals surface area (Å²) < 4.78 is 5.05. The van der Waals surface area contributed by atoms with Crippen LogP contribution in [0.4, 0.5) is 4.79 Å². The molecule has 0 spiro atoms. The molecule has 0 unspecified atom stereocenters. The molecular formula is C14H20N2O4. The van der Waals surface area contributed by atoms with Crippen molar-refractivity contribution in [3.05, 3.63) is 23.7 Å². The van der Waals surface area contributed by atoms with Crippen LogP contribution < -0.4 is 10.6 Å². The highest BCUT2D eigenvalue weighted by Crippen LogP contribution is 2.48. The van der Waals surface area contributed by atoms with Gasteiger partial charge in [0.25, 0.3) is 0 Å². The fraction of sp³-hybridized carbons (Fsp3) is 0.571. The summed E-state index contributed by atoms with van der Waals surface area (Å²) in [6.45, 7) is 3.03. The Morgan fingerprint density at radius 2 is 2.10 bits per heavy atom. The van der Waals surface area contributed by atoms with Crippen LogP contribution in [-0.4, -0.2) is 23.7 Å². The lowest BCUT2D eigenvalue weighted by molar-refractivity contribution is 0.0660. The highest BCUT2D eigenvalue weighted by atomic mass is 16.4. The Bertz CT molecular complexity index is 491. The number of urea groups is 1. The number of carbonyl (C=O) groups excluding carboxylic acids is 1. The summed E-state index contributed by atoms with van der Waals surface area (Å²) in [6.07, 6.45) is 4.64. The molecule has 6 nitrogen and oxygen atoms in total. The van der Waals surface area contributed by atoms with Crippen molar-refractivity contribution in [2.24, 2.45) is 5.41 Å². The number of amides is 2.